The van der Waals surface area contributed by atoms with Crippen LogP contribution in [0.15, 0.2) is 48.8 Å². The second kappa shape index (κ2) is 5.03. The molecule has 0 atom stereocenters. The van der Waals surface area contributed by atoms with Gasteiger partial charge in [-0.3, -0.25) is 4.57 Å². The molecule has 0 fully saturated rings. The fourth-order valence-electron chi connectivity index (χ4n) is 2.21. The van der Waals surface area contributed by atoms with E-state index in [1.54, 1.807) is 0 Å². The van der Waals surface area contributed by atoms with Gasteiger partial charge in [-0.15, -0.1) is 0 Å². The molecular formula is C15H14ClN3. The quantitative estimate of drug-likeness (QED) is 0.795. The molecule has 0 unspecified atom stereocenters. The van der Waals surface area contributed by atoms with Gasteiger partial charge in [-0.05, 0) is 42.8 Å². The molecule has 1 heterocycles. The highest BCUT2D eigenvalue weighted by Crippen LogP contribution is 2.23. The second-order valence-electron chi connectivity index (χ2n) is 4.42. The summed E-state index contributed by atoms with van der Waals surface area (Å²) in [6, 6.07) is 14.1. The number of halogens is 1. The van der Waals surface area contributed by atoms with Gasteiger partial charge < -0.3 is 5.73 Å². The molecule has 2 aromatic carbocycles. The lowest BCUT2D eigenvalue weighted by molar-refractivity contribution is 0.966. The number of fused-ring (bicyclic) bond motifs is 1. The van der Waals surface area contributed by atoms with Crippen molar-refractivity contribution in [3.05, 3.63) is 59.4 Å². The number of hydrogen-bond acceptors (Lipinski definition) is 2. The minimum Gasteiger partial charge on any atom is -0.330 e. The fourth-order valence-corrected chi connectivity index (χ4v) is 2.48. The highest BCUT2D eigenvalue weighted by atomic mass is 35.5. The van der Waals surface area contributed by atoms with Crippen LogP contribution in [0.5, 0.6) is 0 Å². The number of nitrogens with two attached hydrogens (primary N) is 1. The van der Waals surface area contributed by atoms with Crippen molar-refractivity contribution in [2.75, 3.05) is 6.54 Å². The van der Waals surface area contributed by atoms with E-state index in [-0.39, 0.29) is 0 Å². The van der Waals surface area contributed by atoms with Crippen LogP contribution in [0, 0.1) is 0 Å². The van der Waals surface area contributed by atoms with E-state index < -0.39 is 0 Å². The van der Waals surface area contributed by atoms with E-state index in [0.29, 0.717) is 6.54 Å². The van der Waals surface area contributed by atoms with E-state index in [0.717, 1.165) is 33.7 Å². The number of aromatic nitrogens is 2. The maximum Gasteiger partial charge on any atom is 0.100 e. The number of imidazole rings is 1. The summed E-state index contributed by atoms with van der Waals surface area (Å²) in [7, 11) is 0. The summed E-state index contributed by atoms with van der Waals surface area (Å²) in [5, 5.41) is 0.751. The van der Waals surface area contributed by atoms with E-state index in [2.05, 4.69) is 4.98 Å². The minimum absolute atomic E-state index is 0.604. The van der Waals surface area contributed by atoms with Crippen molar-refractivity contribution in [2.24, 2.45) is 5.73 Å². The Labute approximate surface area is 116 Å². The smallest absolute Gasteiger partial charge is 0.100 e. The summed E-state index contributed by atoms with van der Waals surface area (Å²) >= 11 is 6.29. The lowest BCUT2D eigenvalue weighted by Gasteiger charge is -2.08. The molecule has 0 bridgehead atoms. The maximum absolute atomic E-state index is 6.29. The zero-order chi connectivity index (χ0) is 13.2. The first-order valence-electron chi connectivity index (χ1n) is 6.20. The van der Waals surface area contributed by atoms with Gasteiger partial charge in [0.25, 0.3) is 0 Å². The highest BCUT2D eigenvalue weighted by molar-refractivity contribution is 6.31. The van der Waals surface area contributed by atoms with E-state index >= 15 is 0 Å². The Kier molecular flexibility index (Phi) is 3.23. The first-order valence-corrected chi connectivity index (χ1v) is 6.58. The van der Waals surface area contributed by atoms with Crippen LogP contribution >= 0.6 is 11.6 Å². The van der Waals surface area contributed by atoms with Crippen LogP contribution in [0.25, 0.3) is 16.7 Å². The average Bonchev–Trinajstić information content (AvgIpc) is 2.85. The number of nitrogens with zero attached hydrogens (tertiary/aromatic N) is 2. The van der Waals surface area contributed by atoms with Crippen LogP contribution in [0.4, 0.5) is 0 Å². The molecule has 0 aliphatic heterocycles. The van der Waals surface area contributed by atoms with Gasteiger partial charge in [-0.2, -0.15) is 0 Å². The maximum atomic E-state index is 6.29. The zero-order valence-electron chi connectivity index (χ0n) is 10.4. The summed E-state index contributed by atoms with van der Waals surface area (Å²) in [5.74, 6) is 0. The molecule has 0 radical (unpaired) electrons. The topological polar surface area (TPSA) is 43.8 Å². The molecule has 0 saturated carbocycles. The SMILES string of the molecule is NCCc1ccc(-n2cnc3ccccc32)cc1Cl. The van der Waals surface area contributed by atoms with E-state index in [1.165, 1.54) is 0 Å². The van der Waals surface area contributed by atoms with E-state index in [1.807, 2.05) is 53.4 Å². The summed E-state index contributed by atoms with van der Waals surface area (Å²) in [6.45, 7) is 0.604. The first-order chi connectivity index (χ1) is 9.29. The van der Waals surface area contributed by atoms with Gasteiger partial charge in [0.15, 0.2) is 0 Å². The molecule has 0 spiro atoms. The van der Waals surface area contributed by atoms with Gasteiger partial charge in [0, 0.05) is 10.7 Å². The molecular weight excluding hydrogens is 258 g/mol. The van der Waals surface area contributed by atoms with Gasteiger partial charge in [-0.1, -0.05) is 29.8 Å². The summed E-state index contributed by atoms with van der Waals surface area (Å²) in [4.78, 5) is 4.38. The molecule has 2 N–H and O–H groups in total. The van der Waals surface area contributed by atoms with Crippen molar-refractivity contribution in [1.82, 2.24) is 9.55 Å². The molecule has 0 amide bonds. The lowest BCUT2D eigenvalue weighted by atomic mass is 10.1. The van der Waals surface area contributed by atoms with Crippen LogP contribution < -0.4 is 5.73 Å². The van der Waals surface area contributed by atoms with Crippen molar-refractivity contribution in [3.63, 3.8) is 0 Å². The van der Waals surface area contributed by atoms with Gasteiger partial charge in [-0.25, -0.2) is 4.98 Å². The van der Waals surface area contributed by atoms with E-state index in [4.69, 9.17) is 17.3 Å². The van der Waals surface area contributed by atoms with Gasteiger partial charge in [0.05, 0.1) is 11.0 Å². The van der Waals surface area contributed by atoms with Gasteiger partial charge in [0.2, 0.25) is 0 Å². The summed E-state index contributed by atoms with van der Waals surface area (Å²) < 4.78 is 2.04. The summed E-state index contributed by atoms with van der Waals surface area (Å²) in [6.07, 6.45) is 2.61. The zero-order valence-corrected chi connectivity index (χ0v) is 11.1. The molecule has 1 aromatic heterocycles. The minimum atomic E-state index is 0.604. The Morgan fingerprint density at radius 3 is 2.79 bits per heavy atom. The highest BCUT2D eigenvalue weighted by Gasteiger charge is 2.06. The van der Waals surface area contributed by atoms with Crippen molar-refractivity contribution in [3.8, 4) is 5.69 Å². The molecule has 19 heavy (non-hydrogen) atoms. The van der Waals surface area contributed by atoms with Crippen molar-refractivity contribution in [2.45, 2.75) is 6.42 Å². The van der Waals surface area contributed by atoms with Crippen LogP contribution in [-0.4, -0.2) is 16.1 Å². The van der Waals surface area contributed by atoms with Crippen LogP contribution in [0.2, 0.25) is 5.02 Å². The molecule has 0 saturated heterocycles. The molecule has 3 nitrogen and oxygen atoms in total. The first kappa shape index (κ1) is 12.2. The standard InChI is InChI=1S/C15H14ClN3/c16-13-9-12(6-5-11(13)7-8-17)19-10-18-14-3-1-2-4-15(14)19/h1-6,9-10H,7-8,17H2. The van der Waals surface area contributed by atoms with E-state index in [9.17, 15) is 0 Å². The monoisotopic (exact) mass is 271 g/mol. The Balaban J connectivity index is 2.09. The number of para-hydroxylation sites is 2. The molecule has 0 aliphatic rings. The second-order valence-corrected chi connectivity index (χ2v) is 4.82. The Hall–Kier alpha value is -1.84. The predicted molar refractivity (Wildman–Crippen MR) is 78.8 cm³/mol. The molecule has 96 valence electrons. The van der Waals surface area contributed by atoms with Crippen LogP contribution in [-0.2, 0) is 6.42 Å². The van der Waals surface area contributed by atoms with Gasteiger partial charge >= 0.3 is 0 Å². The number of hydrogen-bond donors (Lipinski definition) is 1. The normalized spacial score (nSPS) is 11.1. The molecule has 4 heteroatoms. The predicted octanol–water partition coefficient (Wildman–Crippen LogP) is 3.18. The lowest BCUT2D eigenvalue weighted by Crippen LogP contribution is -2.03. The number of rotatable bonds is 3. The van der Waals surface area contributed by atoms with Gasteiger partial charge in [0.1, 0.15) is 6.33 Å². The summed E-state index contributed by atoms with van der Waals surface area (Å²) in [5.41, 5.74) is 9.71. The third kappa shape index (κ3) is 2.23. The Morgan fingerprint density at radius 1 is 1.16 bits per heavy atom. The van der Waals surface area contributed by atoms with Crippen molar-refractivity contribution in [1.29, 1.82) is 0 Å². The number of benzene rings is 2. The molecule has 3 aromatic rings. The van der Waals surface area contributed by atoms with Crippen LogP contribution in [0.1, 0.15) is 5.56 Å². The third-order valence-corrected chi connectivity index (χ3v) is 3.53. The molecule has 0 aliphatic carbocycles. The Morgan fingerprint density at radius 2 is 2.00 bits per heavy atom. The largest absolute Gasteiger partial charge is 0.330 e. The van der Waals surface area contributed by atoms with Crippen molar-refractivity contribution >= 4 is 22.6 Å². The molecule has 3 rings (SSSR count). The fraction of sp³-hybridized carbons (Fsp3) is 0.133. The third-order valence-electron chi connectivity index (χ3n) is 3.18. The average molecular weight is 272 g/mol. The Bertz CT molecular complexity index is 718. The van der Waals surface area contributed by atoms with Crippen LogP contribution in [0.3, 0.4) is 0 Å². The van der Waals surface area contributed by atoms with Crippen molar-refractivity contribution < 1.29 is 0 Å².